The number of halogens is 2. The molecule has 6 rings (SSSR count). The predicted molar refractivity (Wildman–Crippen MR) is 161 cm³/mol. The van der Waals surface area contributed by atoms with Gasteiger partial charge < -0.3 is 18.9 Å². The molecule has 43 heavy (non-hydrogen) atoms. The molecule has 0 unspecified atom stereocenters. The molecular formula is C34H38Cl2O7. The topological polar surface area (TPSA) is 88.1 Å². The van der Waals surface area contributed by atoms with Gasteiger partial charge in [0.25, 0.3) is 0 Å². The molecule has 9 heteroatoms. The minimum atomic E-state index is -0.703. The van der Waals surface area contributed by atoms with Crippen molar-refractivity contribution in [3.63, 3.8) is 0 Å². The molecule has 2 heterocycles. The lowest BCUT2D eigenvalue weighted by Crippen LogP contribution is -2.67. The molecule has 2 aliphatic heterocycles. The second-order valence-corrected chi connectivity index (χ2v) is 14.4. The molecule has 0 radical (unpaired) electrons. The first-order valence-electron chi connectivity index (χ1n) is 15.1. The summed E-state index contributed by atoms with van der Waals surface area (Å²) >= 11 is 12.1. The summed E-state index contributed by atoms with van der Waals surface area (Å²) in [6.45, 7) is 6.99. The first-order valence-corrected chi connectivity index (χ1v) is 15.9. The van der Waals surface area contributed by atoms with E-state index in [9.17, 15) is 14.4 Å². The maximum atomic E-state index is 13.4. The Labute approximate surface area is 262 Å². The van der Waals surface area contributed by atoms with Gasteiger partial charge in [-0.3, -0.25) is 4.79 Å². The fourth-order valence-corrected chi connectivity index (χ4v) is 9.02. The Hall–Kier alpha value is -2.61. The Bertz CT molecular complexity index is 1410. The Morgan fingerprint density at radius 3 is 2.12 bits per heavy atom. The van der Waals surface area contributed by atoms with Gasteiger partial charge in [-0.25, -0.2) is 9.59 Å². The van der Waals surface area contributed by atoms with Gasteiger partial charge in [0.2, 0.25) is 0 Å². The van der Waals surface area contributed by atoms with Crippen LogP contribution in [0.25, 0.3) is 0 Å². The molecule has 2 aromatic rings. The van der Waals surface area contributed by atoms with E-state index in [1.807, 2.05) is 0 Å². The number of hydrogen-bond acceptors (Lipinski definition) is 7. The van der Waals surface area contributed by atoms with E-state index in [1.165, 1.54) is 0 Å². The zero-order chi connectivity index (χ0) is 30.6. The summed E-state index contributed by atoms with van der Waals surface area (Å²) in [6, 6.07) is 13.2. The van der Waals surface area contributed by atoms with E-state index in [4.69, 9.17) is 42.1 Å². The molecular weight excluding hydrogens is 591 g/mol. The third-order valence-corrected chi connectivity index (χ3v) is 11.6. The first kappa shape index (κ1) is 30.4. The Morgan fingerprint density at radius 2 is 1.51 bits per heavy atom. The average molecular weight is 630 g/mol. The van der Waals surface area contributed by atoms with Crippen molar-refractivity contribution in [2.75, 3.05) is 13.2 Å². The molecule has 2 aromatic carbocycles. The van der Waals surface area contributed by atoms with Crippen LogP contribution in [0.1, 0.15) is 86.4 Å². The third kappa shape index (κ3) is 5.15. The highest BCUT2D eigenvalue weighted by atomic mass is 35.5. The first-order chi connectivity index (χ1) is 20.4. The molecule has 2 saturated carbocycles. The summed E-state index contributed by atoms with van der Waals surface area (Å²) in [6.07, 6.45) is 4.51. The Kier molecular flexibility index (Phi) is 7.84. The smallest absolute Gasteiger partial charge is 0.338 e. The van der Waals surface area contributed by atoms with Gasteiger partial charge in [-0.2, -0.15) is 0 Å². The van der Waals surface area contributed by atoms with Gasteiger partial charge in [0.05, 0.1) is 23.1 Å². The maximum absolute atomic E-state index is 13.4. The van der Waals surface area contributed by atoms with Crippen molar-refractivity contribution in [1.29, 1.82) is 0 Å². The van der Waals surface area contributed by atoms with Crippen LogP contribution < -0.4 is 0 Å². The molecule has 4 fully saturated rings. The van der Waals surface area contributed by atoms with E-state index in [1.54, 1.807) is 48.5 Å². The van der Waals surface area contributed by atoms with Crippen LogP contribution in [0.2, 0.25) is 10.0 Å². The van der Waals surface area contributed by atoms with E-state index in [2.05, 4.69) is 20.8 Å². The maximum Gasteiger partial charge on any atom is 0.338 e. The van der Waals surface area contributed by atoms with Crippen LogP contribution in [0, 0.1) is 22.7 Å². The Morgan fingerprint density at radius 1 is 0.884 bits per heavy atom. The Balaban J connectivity index is 1.33. The quantitative estimate of drug-likeness (QED) is 0.251. The molecule has 0 N–H and O–H groups in total. The van der Waals surface area contributed by atoms with Crippen molar-refractivity contribution in [1.82, 2.24) is 0 Å². The van der Waals surface area contributed by atoms with Gasteiger partial charge in [0.1, 0.15) is 24.9 Å². The van der Waals surface area contributed by atoms with Crippen molar-refractivity contribution in [2.45, 2.75) is 83.0 Å². The minimum Gasteiger partial charge on any atom is -0.463 e. The van der Waals surface area contributed by atoms with Gasteiger partial charge in [-0.15, -0.1) is 0 Å². The second kappa shape index (κ2) is 11.1. The molecule has 2 spiro atoms. The van der Waals surface area contributed by atoms with Gasteiger partial charge in [0.15, 0.2) is 0 Å². The normalized spacial score (nSPS) is 36.8. The lowest BCUT2D eigenvalue weighted by molar-refractivity contribution is -0.265. The number of fused-ring (bicyclic) bond motifs is 2. The second-order valence-electron chi connectivity index (χ2n) is 13.5. The SMILES string of the molecule is C[C@@H]1CC[C@@H]2[C@](C)(COC(=O)c3ccc(Cl)cc3)[C@@H](OC(=O)c3ccc(Cl)cc3)CC[C@]2(C)[C@@]12CC[C@]1(COC(=O)C1)O2. The number of carbonyl (C=O) groups excluding carboxylic acids is 3. The fraction of sp³-hybridized carbons (Fsp3) is 0.559. The van der Waals surface area contributed by atoms with E-state index in [0.29, 0.717) is 34.2 Å². The standard InChI is InChI=1S/C34H38Cl2O7/c1-21-4-13-26-31(2,19-41-29(38)22-5-9-24(35)10-6-22)27(42-30(39)23-7-11-25(36)12-8-23)14-15-32(26,3)34(21)17-16-33(43-34)18-28(37)40-20-33/h5-12,21,26-27H,4,13-20H2,1-3H3/t21-,26-,27+,31+,32+,33+,34-/m1/s1. The number of carbonyl (C=O) groups is 3. The number of ether oxygens (including phenoxy) is 4. The average Bonchev–Trinajstić information content (AvgIpc) is 3.55. The molecule has 0 bridgehead atoms. The van der Waals surface area contributed by atoms with E-state index >= 15 is 0 Å². The van der Waals surface area contributed by atoms with Gasteiger partial charge in [-0.1, -0.05) is 44.0 Å². The van der Waals surface area contributed by atoms with Crippen LogP contribution in [-0.2, 0) is 23.7 Å². The predicted octanol–water partition coefficient (Wildman–Crippen LogP) is 7.46. The number of benzene rings is 2. The fourth-order valence-electron chi connectivity index (χ4n) is 8.77. The van der Waals surface area contributed by atoms with Crippen LogP contribution in [0.15, 0.2) is 48.5 Å². The van der Waals surface area contributed by atoms with Gasteiger partial charge in [-0.05, 0) is 98.9 Å². The highest BCUT2D eigenvalue weighted by Crippen LogP contribution is 2.68. The van der Waals surface area contributed by atoms with Crippen LogP contribution in [0.5, 0.6) is 0 Å². The highest BCUT2D eigenvalue weighted by Gasteiger charge is 2.70. The number of esters is 3. The van der Waals surface area contributed by atoms with E-state index in [-0.39, 0.29) is 36.2 Å². The van der Waals surface area contributed by atoms with Crippen molar-refractivity contribution in [2.24, 2.45) is 22.7 Å². The zero-order valence-electron chi connectivity index (χ0n) is 24.8. The largest absolute Gasteiger partial charge is 0.463 e. The molecule has 0 amide bonds. The van der Waals surface area contributed by atoms with Crippen molar-refractivity contribution < 1.29 is 33.3 Å². The molecule has 0 aromatic heterocycles. The van der Waals surface area contributed by atoms with Gasteiger partial charge >= 0.3 is 17.9 Å². The summed E-state index contributed by atoms with van der Waals surface area (Å²) < 4.78 is 24.8. The van der Waals surface area contributed by atoms with Gasteiger partial charge in [0, 0.05) is 20.9 Å². The third-order valence-electron chi connectivity index (χ3n) is 11.1. The molecule has 4 aliphatic rings. The lowest BCUT2D eigenvalue weighted by atomic mass is 9.43. The number of cyclic esters (lactones) is 1. The molecule has 2 saturated heterocycles. The van der Waals surface area contributed by atoms with E-state index in [0.717, 1.165) is 32.1 Å². The monoisotopic (exact) mass is 628 g/mol. The molecule has 7 nitrogen and oxygen atoms in total. The lowest BCUT2D eigenvalue weighted by Gasteiger charge is -2.65. The van der Waals surface area contributed by atoms with Crippen molar-refractivity contribution >= 4 is 41.1 Å². The summed E-state index contributed by atoms with van der Waals surface area (Å²) in [5.74, 6) is -0.822. The molecule has 2 aliphatic carbocycles. The van der Waals surface area contributed by atoms with Crippen LogP contribution >= 0.6 is 23.2 Å². The molecule has 7 atom stereocenters. The number of hydrogen-bond donors (Lipinski definition) is 0. The highest BCUT2D eigenvalue weighted by molar-refractivity contribution is 6.31. The summed E-state index contributed by atoms with van der Waals surface area (Å²) in [5.41, 5.74) is -1.27. The number of rotatable bonds is 5. The van der Waals surface area contributed by atoms with E-state index < -0.39 is 34.7 Å². The van der Waals surface area contributed by atoms with Crippen LogP contribution in [0.3, 0.4) is 0 Å². The molecule has 230 valence electrons. The van der Waals surface area contributed by atoms with Crippen LogP contribution in [-0.4, -0.2) is 48.4 Å². The minimum absolute atomic E-state index is 0.0131. The van der Waals surface area contributed by atoms with Crippen molar-refractivity contribution in [3.8, 4) is 0 Å². The summed E-state index contributed by atoms with van der Waals surface area (Å²) in [5, 5.41) is 1.07. The summed E-state index contributed by atoms with van der Waals surface area (Å²) in [4.78, 5) is 38.8. The van der Waals surface area contributed by atoms with Crippen LogP contribution in [0.4, 0.5) is 0 Å². The van der Waals surface area contributed by atoms with Crippen molar-refractivity contribution in [3.05, 3.63) is 69.7 Å². The summed E-state index contributed by atoms with van der Waals surface area (Å²) in [7, 11) is 0. The zero-order valence-corrected chi connectivity index (χ0v) is 26.3.